The Balaban J connectivity index is 1.83. The average molecular weight is 589 g/mol. The van der Waals surface area contributed by atoms with Gasteiger partial charge in [-0.2, -0.15) is 0 Å². The van der Waals surface area contributed by atoms with Crippen LogP contribution in [0.1, 0.15) is 45.6 Å². The number of carbonyl (C=O) groups is 3. The number of aliphatic hydroxyl groups excluding tert-OH is 1. The molecule has 3 aliphatic heterocycles. The van der Waals surface area contributed by atoms with E-state index in [0.717, 1.165) is 12.0 Å². The number of unbranched alkanes of at least 4 members (excludes halogenated alkanes) is 1. The molecule has 0 aromatic heterocycles. The van der Waals surface area contributed by atoms with Gasteiger partial charge in [0.15, 0.2) is 0 Å². The summed E-state index contributed by atoms with van der Waals surface area (Å²) in [5.41, 5.74) is 1.40. The topological polar surface area (TPSA) is 87.2 Å². The van der Waals surface area contributed by atoms with Crippen LogP contribution in [0.2, 0.25) is 5.02 Å². The van der Waals surface area contributed by atoms with Gasteiger partial charge in [-0.1, -0.05) is 56.7 Å². The number of fused-ring (bicyclic) bond motifs is 1. The van der Waals surface area contributed by atoms with Crippen molar-refractivity contribution in [2.75, 3.05) is 24.7 Å². The van der Waals surface area contributed by atoms with Crippen molar-refractivity contribution in [2.24, 2.45) is 23.7 Å². The maximum absolute atomic E-state index is 14.8. The third kappa shape index (κ3) is 4.90. The third-order valence-electron chi connectivity index (χ3n) is 8.84. The van der Waals surface area contributed by atoms with Gasteiger partial charge in [-0.25, -0.2) is 0 Å². The van der Waals surface area contributed by atoms with Crippen LogP contribution < -0.4 is 4.90 Å². The summed E-state index contributed by atoms with van der Waals surface area (Å²) in [5.74, 6) is -2.38. The van der Waals surface area contributed by atoms with Crippen LogP contribution in [0.3, 0.4) is 0 Å². The summed E-state index contributed by atoms with van der Waals surface area (Å²) in [7, 11) is 0. The first-order valence-corrected chi connectivity index (χ1v) is 15.4. The van der Waals surface area contributed by atoms with Gasteiger partial charge in [0.25, 0.3) is 5.91 Å². The first kappa shape index (κ1) is 30.7. The van der Waals surface area contributed by atoms with E-state index < -0.39 is 28.7 Å². The fourth-order valence-electron chi connectivity index (χ4n) is 7.01. The molecular weight excluding hydrogens is 548 g/mol. The lowest BCUT2D eigenvalue weighted by atomic mass is 9.66. The number of benzene rings is 1. The molecule has 3 heterocycles. The summed E-state index contributed by atoms with van der Waals surface area (Å²) < 4.78 is 4.84. The van der Waals surface area contributed by atoms with Crippen molar-refractivity contribution in [3.05, 3.63) is 54.1 Å². The zero-order valence-corrected chi connectivity index (χ0v) is 25.4. The van der Waals surface area contributed by atoms with Gasteiger partial charge in [-0.3, -0.25) is 14.4 Å². The van der Waals surface area contributed by atoms with Crippen molar-refractivity contribution in [3.8, 4) is 0 Å². The van der Waals surface area contributed by atoms with Gasteiger partial charge in [0, 0.05) is 11.8 Å². The number of hydrogen-bond donors (Lipinski definition) is 1. The summed E-state index contributed by atoms with van der Waals surface area (Å²) >= 11 is 8.24. The fourth-order valence-corrected chi connectivity index (χ4v) is 9.73. The van der Waals surface area contributed by atoms with E-state index in [2.05, 4.69) is 20.1 Å². The van der Waals surface area contributed by atoms with Gasteiger partial charge in [0.05, 0.1) is 46.5 Å². The van der Waals surface area contributed by atoms with E-state index in [1.165, 1.54) is 0 Å². The average Bonchev–Trinajstić information content (AvgIpc) is 3.50. The quantitative estimate of drug-likeness (QED) is 0.209. The van der Waals surface area contributed by atoms with Crippen LogP contribution in [0.15, 0.2) is 43.5 Å². The van der Waals surface area contributed by atoms with E-state index in [9.17, 15) is 19.5 Å². The van der Waals surface area contributed by atoms with E-state index >= 15 is 0 Å². The molecule has 2 bridgehead atoms. The SMILES string of the molecule is C=CCCCOC(=O)[C@@H]1[C@@H]2CC(C)C3(S2)C(C(=O)N(CC=C)c2c(C)cccc2Cl)N([C@@H](CO)C(C)C)C(=O)[C@H]13. The van der Waals surface area contributed by atoms with Crippen molar-refractivity contribution >= 4 is 46.8 Å². The van der Waals surface area contributed by atoms with Gasteiger partial charge < -0.3 is 19.6 Å². The first-order chi connectivity index (χ1) is 19.1. The van der Waals surface area contributed by atoms with Crippen LogP contribution >= 0.6 is 23.4 Å². The summed E-state index contributed by atoms with van der Waals surface area (Å²) in [4.78, 5) is 46.0. The van der Waals surface area contributed by atoms with E-state index in [1.54, 1.807) is 39.8 Å². The van der Waals surface area contributed by atoms with Gasteiger partial charge in [0.2, 0.25) is 5.91 Å². The normalized spacial score (nSPS) is 29.4. The molecule has 7 atom stereocenters. The van der Waals surface area contributed by atoms with E-state index in [4.69, 9.17) is 16.3 Å². The van der Waals surface area contributed by atoms with Crippen LogP contribution in [0.25, 0.3) is 0 Å². The summed E-state index contributed by atoms with van der Waals surface area (Å²) in [6.45, 7) is 15.6. The number of esters is 1. The number of rotatable bonds is 12. The Bertz CT molecular complexity index is 1150. The van der Waals surface area contributed by atoms with E-state index in [-0.39, 0.29) is 54.6 Å². The molecule has 0 saturated carbocycles. The Morgan fingerprint density at radius 3 is 2.65 bits per heavy atom. The van der Waals surface area contributed by atoms with Gasteiger partial charge >= 0.3 is 5.97 Å². The van der Waals surface area contributed by atoms with Crippen molar-refractivity contribution in [3.63, 3.8) is 0 Å². The second-order valence-electron chi connectivity index (χ2n) is 11.5. The number of ether oxygens (including phenoxy) is 1. The maximum atomic E-state index is 14.8. The number of likely N-dealkylation sites (tertiary alicyclic amines) is 1. The monoisotopic (exact) mass is 588 g/mol. The minimum absolute atomic E-state index is 0.00959. The standard InChI is InChI=1S/C31H41ClN2O5S/c1-7-9-10-15-39-30(38)24-23-16-20(6)31(40-23)25(24)28(36)34(22(17-35)18(3)4)27(31)29(37)33(14-8-2)26-19(5)12-11-13-21(26)32/h7-8,11-13,18,20,22-25,27,35H,1-2,9-10,14-17H2,3-6H3/t20?,22-,23-,24+,25-,27?,31?/m0/s1. The highest BCUT2D eigenvalue weighted by molar-refractivity contribution is 8.02. The Morgan fingerprint density at radius 2 is 2.05 bits per heavy atom. The minimum Gasteiger partial charge on any atom is -0.465 e. The van der Waals surface area contributed by atoms with Crippen LogP contribution in [0.5, 0.6) is 0 Å². The highest BCUT2D eigenvalue weighted by Gasteiger charge is 2.77. The predicted octanol–water partition coefficient (Wildman–Crippen LogP) is 5.03. The Labute approximate surface area is 246 Å². The van der Waals surface area contributed by atoms with Crippen molar-refractivity contribution in [2.45, 2.75) is 69.0 Å². The first-order valence-electron chi connectivity index (χ1n) is 14.1. The second kappa shape index (κ2) is 12.3. The minimum atomic E-state index is -0.885. The number of para-hydroxylation sites is 1. The Hall–Kier alpha value is -2.29. The molecule has 3 unspecified atom stereocenters. The van der Waals surface area contributed by atoms with E-state index in [0.29, 0.717) is 23.6 Å². The van der Waals surface area contributed by atoms with E-state index in [1.807, 2.05) is 32.9 Å². The molecule has 1 aromatic carbocycles. The van der Waals surface area contributed by atoms with Crippen molar-refractivity contribution in [1.82, 2.24) is 4.90 Å². The number of nitrogens with zero attached hydrogens (tertiary/aromatic N) is 2. The third-order valence-corrected chi connectivity index (χ3v) is 11.2. The Morgan fingerprint density at radius 1 is 1.32 bits per heavy atom. The zero-order chi connectivity index (χ0) is 29.4. The smallest absolute Gasteiger partial charge is 0.310 e. The molecule has 0 radical (unpaired) electrons. The molecule has 0 aliphatic carbocycles. The van der Waals surface area contributed by atoms with Gasteiger partial charge in [-0.05, 0) is 49.7 Å². The molecule has 4 rings (SSSR count). The summed E-state index contributed by atoms with van der Waals surface area (Å²) in [6, 6.07) is 4.00. The predicted molar refractivity (Wildman–Crippen MR) is 160 cm³/mol. The number of anilines is 1. The number of allylic oxidation sites excluding steroid dienone is 1. The molecule has 1 aromatic rings. The van der Waals surface area contributed by atoms with Crippen LogP contribution in [0, 0.1) is 30.6 Å². The molecule has 2 amide bonds. The molecule has 218 valence electrons. The molecule has 9 heteroatoms. The zero-order valence-electron chi connectivity index (χ0n) is 23.8. The van der Waals surface area contributed by atoms with Gasteiger partial charge in [-0.15, -0.1) is 24.9 Å². The molecule has 1 N–H and O–H groups in total. The van der Waals surface area contributed by atoms with Gasteiger partial charge in [0.1, 0.15) is 6.04 Å². The molecular formula is C31H41ClN2O5S. The lowest BCUT2D eigenvalue weighted by Crippen LogP contribution is -2.60. The highest BCUT2D eigenvalue weighted by Crippen LogP contribution is 2.69. The van der Waals surface area contributed by atoms with Crippen LogP contribution in [-0.2, 0) is 19.1 Å². The lowest BCUT2D eigenvalue weighted by molar-refractivity contribution is -0.155. The number of amides is 2. The second-order valence-corrected chi connectivity index (χ2v) is 13.5. The van der Waals surface area contributed by atoms with Crippen molar-refractivity contribution < 1.29 is 24.2 Å². The Kier molecular flexibility index (Phi) is 9.42. The largest absolute Gasteiger partial charge is 0.465 e. The number of hydrogen-bond acceptors (Lipinski definition) is 6. The van der Waals surface area contributed by atoms with Crippen molar-refractivity contribution in [1.29, 1.82) is 0 Å². The summed E-state index contributed by atoms with van der Waals surface area (Å²) in [6.07, 6.45) is 5.53. The van der Waals surface area contributed by atoms with Crippen LogP contribution in [-0.4, -0.2) is 69.6 Å². The number of halogens is 1. The molecule has 3 fully saturated rings. The number of thioether (sulfide) groups is 1. The summed E-state index contributed by atoms with van der Waals surface area (Å²) in [5, 5.41) is 10.8. The fraction of sp³-hybridized carbons (Fsp3) is 0.581. The molecule has 3 aliphatic rings. The number of aryl methyl sites for hydroxylation is 1. The number of carbonyl (C=O) groups excluding carboxylic acids is 3. The lowest BCUT2D eigenvalue weighted by Gasteiger charge is -2.43. The number of aliphatic hydroxyl groups is 1. The molecule has 40 heavy (non-hydrogen) atoms. The maximum Gasteiger partial charge on any atom is 0.310 e. The molecule has 7 nitrogen and oxygen atoms in total. The molecule has 3 saturated heterocycles. The van der Waals surface area contributed by atoms with Crippen LogP contribution in [0.4, 0.5) is 5.69 Å². The molecule has 1 spiro atoms. The highest BCUT2D eigenvalue weighted by atomic mass is 35.5.